The van der Waals surface area contributed by atoms with Gasteiger partial charge >= 0.3 is 5.97 Å². The van der Waals surface area contributed by atoms with Crippen molar-refractivity contribution < 1.29 is 38.0 Å². The maximum Gasteiger partial charge on any atom is 0.338 e. The zero-order valence-electron chi connectivity index (χ0n) is 22.7. The highest BCUT2D eigenvalue weighted by atomic mass is 16.7. The quantitative estimate of drug-likeness (QED) is 0.279. The Morgan fingerprint density at radius 1 is 0.975 bits per heavy atom. The lowest BCUT2D eigenvalue weighted by Crippen LogP contribution is -2.41. The molecule has 0 N–H and O–H groups in total. The molecule has 5 rings (SSSR count). The second-order valence-corrected chi connectivity index (χ2v) is 9.21. The third-order valence-electron chi connectivity index (χ3n) is 6.87. The number of benzene rings is 3. The van der Waals surface area contributed by atoms with E-state index in [0.29, 0.717) is 53.9 Å². The molecule has 40 heavy (non-hydrogen) atoms. The minimum absolute atomic E-state index is 0.149. The van der Waals surface area contributed by atoms with E-state index in [0.717, 1.165) is 16.7 Å². The van der Waals surface area contributed by atoms with Crippen molar-refractivity contribution in [3.63, 3.8) is 0 Å². The number of hydrogen-bond donors (Lipinski definition) is 0. The number of carbonyl (C=O) groups is 2. The van der Waals surface area contributed by atoms with Gasteiger partial charge in [-0.1, -0.05) is 6.07 Å². The third-order valence-corrected chi connectivity index (χ3v) is 6.87. The normalized spacial score (nSPS) is 15.5. The van der Waals surface area contributed by atoms with Gasteiger partial charge in [-0.05, 0) is 84.6 Å². The molecule has 0 spiro atoms. The Hall–Kier alpha value is -4.66. The number of ether oxygens (including phenoxy) is 6. The maximum absolute atomic E-state index is 13.5. The summed E-state index contributed by atoms with van der Waals surface area (Å²) in [6.45, 7) is 2.96. The molecular weight excluding hydrogens is 514 g/mol. The number of carbonyl (C=O) groups excluding carboxylic acids is 2. The van der Waals surface area contributed by atoms with E-state index in [1.807, 2.05) is 30.3 Å². The van der Waals surface area contributed by atoms with E-state index in [4.69, 9.17) is 28.4 Å². The van der Waals surface area contributed by atoms with Crippen molar-refractivity contribution in [2.75, 3.05) is 40.8 Å². The number of methoxy groups -OCH3 is 2. The Bertz CT molecular complexity index is 1420. The summed E-state index contributed by atoms with van der Waals surface area (Å²) in [7, 11) is 3.19. The van der Waals surface area contributed by atoms with Gasteiger partial charge < -0.3 is 33.3 Å². The molecule has 3 aromatic carbocycles. The zero-order valence-corrected chi connectivity index (χ0v) is 22.7. The summed E-state index contributed by atoms with van der Waals surface area (Å²) in [6, 6.07) is 15.8. The van der Waals surface area contributed by atoms with Crippen LogP contribution in [0.2, 0.25) is 0 Å². The summed E-state index contributed by atoms with van der Waals surface area (Å²) in [5.74, 6) is 2.60. The summed E-state index contributed by atoms with van der Waals surface area (Å²) in [6.07, 6.45) is 3.98. The summed E-state index contributed by atoms with van der Waals surface area (Å²) >= 11 is 0. The number of hydrogen-bond acceptors (Lipinski definition) is 8. The average Bonchev–Trinajstić information content (AvgIpc) is 3.46. The minimum atomic E-state index is -0.387. The van der Waals surface area contributed by atoms with Crippen molar-refractivity contribution in [2.24, 2.45) is 0 Å². The van der Waals surface area contributed by atoms with Gasteiger partial charge in [-0.25, -0.2) is 4.79 Å². The van der Waals surface area contributed by atoms with Gasteiger partial charge in [-0.15, -0.1) is 0 Å². The molecule has 1 atom stereocenters. The van der Waals surface area contributed by atoms with Gasteiger partial charge in [0.1, 0.15) is 12.4 Å². The van der Waals surface area contributed by atoms with Crippen LogP contribution >= 0.6 is 0 Å². The fraction of sp³-hybridized carbons (Fsp3) is 0.290. The minimum Gasteiger partial charge on any atom is -0.493 e. The van der Waals surface area contributed by atoms with Crippen molar-refractivity contribution in [3.8, 4) is 28.7 Å². The first kappa shape index (κ1) is 26.9. The Morgan fingerprint density at radius 2 is 1.73 bits per heavy atom. The van der Waals surface area contributed by atoms with E-state index in [-0.39, 0.29) is 31.3 Å². The summed E-state index contributed by atoms with van der Waals surface area (Å²) in [4.78, 5) is 27.3. The molecule has 0 saturated carbocycles. The highest BCUT2D eigenvalue weighted by Crippen LogP contribution is 2.39. The molecule has 2 aliphatic heterocycles. The predicted molar refractivity (Wildman–Crippen MR) is 147 cm³/mol. The zero-order chi connectivity index (χ0) is 28.1. The van der Waals surface area contributed by atoms with E-state index >= 15 is 0 Å². The predicted octanol–water partition coefficient (Wildman–Crippen LogP) is 4.83. The molecular formula is C31H31NO8. The largest absolute Gasteiger partial charge is 0.493 e. The Morgan fingerprint density at radius 3 is 2.48 bits per heavy atom. The molecule has 9 nitrogen and oxygen atoms in total. The smallest absolute Gasteiger partial charge is 0.338 e. The van der Waals surface area contributed by atoms with Gasteiger partial charge in [0.2, 0.25) is 12.7 Å². The van der Waals surface area contributed by atoms with E-state index in [1.165, 1.54) is 0 Å². The first-order valence-electron chi connectivity index (χ1n) is 13.0. The van der Waals surface area contributed by atoms with Gasteiger partial charge in [-0.2, -0.15) is 0 Å². The number of nitrogens with zero attached hydrogens (tertiary/aromatic N) is 1. The SMILES string of the molecule is CCOC(=O)c1ccc(OCC2c3cc(OC)c(OC)cc3CCN2C(=O)/C=C/c2ccc3c(c2)OCO3)cc1. The lowest BCUT2D eigenvalue weighted by atomic mass is 9.92. The average molecular weight is 546 g/mol. The van der Waals surface area contributed by atoms with Gasteiger partial charge in [0.25, 0.3) is 0 Å². The van der Waals surface area contributed by atoms with Gasteiger partial charge in [0, 0.05) is 12.6 Å². The molecule has 2 aliphatic rings. The van der Waals surface area contributed by atoms with Crippen molar-refractivity contribution in [1.82, 2.24) is 4.90 Å². The van der Waals surface area contributed by atoms with Crippen LogP contribution in [0.25, 0.3) is 6.08 Å². The number of amides is 1. The molecule has 1 amide bonds. The number of fused-ring (bicyclic) bond motifs is 2. The second-order valence-electron chi connectivity index (χ2n) is 9.21. The van der Waals surface area contributed by atoms with Crippen LogP contribution in [-0.4, -0.2) is 57.5 Å². The van der Waals surface area contributed by atoms with Crippen molar-refractivity contribution >= 4 is 18.0 Å². The molecule has 3 aromatic rings. The highest BCUT2D eigenvalue weighted by molar-refractivity contribution is 5.92. The molecule has 2 heterocycles. The Kier molecular flexibility index (Phi) is 8.10. The van der Waals surface area contributed by atoms with Crippen LogP contribution in [0.4, 0.5) is 0 Å². The summed E-state index contributed by atoms with van der Waals surface area (Å²) in [5.41, 5.74) is 3.26. The van der Waals surface area contributed by atoms with Crippen LogP contribution in [-0.2, 0) is 16.0 Å². The topological polar surface area (TPSA) is 92.8 Å². The van der Waals surface area contributed by atoms with Crippen LogP contribution in [0.1, 0.15) is 40.0 Å². The first-order valence-corrected chi connectivity index (χ1v) is 13.0. The molecule has 0 radical (unpaired) electrons. The standard InChI is InChI=1S/C31H31NO8/c1-4-37-31(34)21-7-9-23(10-8-21)38-18-25-24-17-28(36-3)27(35-2)16-22(24)13-14-32(25)30(33)12-6-20-5-11-26-29(15-20)40-19-39-26/h5-12,15-17,25H,4,13-14,18-19H2,1-3H3/b12-6+. The summed E-state index contributed by atoms with van der Waals surface area (Å²) in [5, 5.41) is 0. The van der Waals surface area contributed by atoms with Crippen molar-refractivity contribution in [2.45, 2.75) is 19.4 Å². The lowest BCUT2D eigenvalue weighted by Gasteiger charge is -2.37. The monoisotopic (exact) mass is 545 g/mol. The van der Waals surface area contributed by atoms with E-state index in [2.05, 4.69) is 0 Å². The van der Waals surface area contributed by atoms with Crippen molar-refractivity contribution in [3.05, 3.63) is 82.9 Å². The van der Waals surface area contributed by atoms with Gasteiger partial charge in [0.05, 0.1) is 32.4 Å². The van der Waals surface area contributed by atoms with Crippen LogP contribution < -0.4 is 23.7 Å². The highest BCUT2D eigenvalue weighted by Gasteiger charge is 2.32. The van der Waals surface area contributed by atoms with Crippen LogP contribution in [0.3, 0.4) is 0 Å². The molecule has 0 fully saturated rings. The molecule has 0 bridgehead atoms. The fourth-order valence-electron chi connectivity index (χ4n) is 4.83. The van der Waals surface area contributed by atoms with Crippen molar-refractivity contribution in [1.29, 1.82) is 0 Å². The van der Waals surface area contributed by atoms with Gasteiger partial charge in [-0.3, -0.25) is 4.79 Å². The number of rotatable bonds is 9. The lowest BCUT2D eigenvalue weighted by molar-refractivity contribution is -0.129. The molecule has 0 aromatic heterocycles. The molecule has 9 heteroatoms. The molecule has 208 valence electrons. The summed E-state index contributed by atoms with van der Waals surface area (Å²) < 4.78 is 33.1. The van der Waals surface area contributed by atoms with Crippen LogP contribution in [0.15, 0.2) is 60.7 Å². The number of esters is 1. The second kappa shape index (κ2) is 12.0. The maximum atomic E-state index is 13.5. The van der Waals surface area contributed by atoms with Gasteiger partial charge in [0.15, 0.2) is 23.0 Å². The Labute approximate surface area is 232 Å². The van der Waals surface area contributed by atoms with E-state index < -0.39 is 0 Å². The Balaban J connectivity index is 1.39. The van der Waals surface area contributed by atoms with E-state index in [9.17, 15) is 9.59 Å². The molecule has 0 saturated heterocycles. The fourth-order valence-corrected chi connectivity index (χ4v) is 4.83. The first-order chi connectivity index (χ1) is 19.5. The third kappa shape index (κ3) is 5.68. The molecule has 1 unspecified atom stereocenters. The van der Waals surface area contributed by atoms with E-state index in [1.54, 1.807) is 62.5 Å². The van der Waals surface area contributed by atoms with Crippen LogP contribution in [0, 0.1) is 0 Å². The molecule has 0 aliphatic carbocycles. The van der Waals surface area contributed by atoms with Crippen LogP contribution in [0.5, 0.6) is 28.7 Å².